The molecule has 2 heteroatoms. The summed E-state index contributed by atoms with van der Waals surface area (Å²) in [5.41, 5.74) is 1.60. The molecule has 1 rings (SSSR count). The van der Waals surface area contributed by atoms with Crippen LogP contribution in [0.3, 0.4) is 0 Å². The Labute approximate surface area is 97.4 Å². The average molecular weight is 221 g/mol. The van der Waals surface area contributed by atoms with Crippen LogP contribution in [0, 0.1) is 18.7 Å². The highest BCUT2D eigenvalue weighted by Crippen LogP contribution is 2.10. The molecule has 0 heterocycles. The van der Waals surface area contributed by atoms with E-state index >= 15 is 0 Å². The van der Waals surface area contributed by atoms with Crippen molar-refractivity contribution in [3.8, 4) is 0 Å². The van der Waals surface area contributed by atoms with Crippen molar-refractivity contribution < 1.29 is 4.39 Å². The van der Waals surface area contributed by atoms with Gasteiger partial charge in [0, 0.05) is 6.54 Å². The molecule has 0 bridgehead atoms. The Balaban J connectivity index is 2.41. The van der Waals surface area contributed by atoms with Crippen LogP contribution in [0.25, 0.3) is 6.08 Å². The Morgan fingerprint density at radius 3 is 2.75 bits per heavy atom. The summed E-state index contributed by atoms with van der Waals surface area (Å²) in [5.74, 6) is 0.516. The molecule has 0 aliphatic heterocycles. The minimum atomic E-state index is -0.141. The smallest absolute Gasteiger partial charge is 0.126 e. The fourth-order valence-electron chi connectivity index (χ4n) is 1.36. The van der Waals surface area contributed by atoms with Crippen LogP contribution < -0.4 is 5.32 Å². The lowest BCUT2D eigenvalue weighted by Crippen LogP contribution is -2.19. The van der Waals surface area contributed by atoms with Crippen LogP contribution in [0.5, 0.6) is 0 Å². The third-order valence-electron chi connectivity index (χ3n) is 2.32. The van der Waals surface area contributed by atoms with Gasteiger partial charge < -0.3 is 5.32 Å². The number of hydrogen-bond donors (Lipinski definition) is 1. The molecule has 1 aromatic carbocycles. The van der Waals surface area contributed by atoms with E-state index in [0.29, 0.717) is 11.5 Å². The molecule has 1 N–H and O–H groups in total. The summed E-state index contributed by atoms with van der Waals surface area (Å²) >= 11 is 0. The van der Waals surface area contributed by atoms with Crippen LogP contribution in [0.2, 0.25) is 0 Å². The van der Waals surface area contributed by atoms with Crippen molar-refractivity contribution in [2.24, 2.45) is 5.92 Å². The molecular formula is C14H20FN. The number of benzene rings is 1. The SMILES string of the molecule is Cc1ccc(C=CCNCC(C)C)cc1F. The highest BCUT2D eigenvalue weighted by atomic mass is 19.1. The molecule has 0 saturated heterocycles. The largest absolute Gasteiger partial charge is 0.313 e. The summed E-state index contributed by atoms with van der Waals surface area (Å²) in [7, 11) is 0. The van der Waals surface area contributed by atoms with Gasteiger partial charge in [0.1, 0.15) is 5.82 Å². The molecule has 0 aliphatic carbocycles. The number of aryl methyl sites for hydroxylation is 1. The average Bonchev–Trinajstić information content (AvgIpc) is 2.22. The van der Waals surface area contributed by atoms with Gasteiger partial charge in [-0.1, -0.05) is 38.1 Å². The lowest BCUT2D eigenvalue weighted by Gasteiger charge is -2.03. The first-order chi connectivity index (χ1) is 7.59. The minimum absolute atomic E-state index is 0.141. The molecular weight excluding hydrogens is 201 g/mol. The van der Waals surface area contributed by atoms with Gasteiger partial charge in [-0.2, -0.15) is 0 Å². The van der Waals surface area contributed by atoms with Crippen LogP contribution >= 0.6 is 0 Å². The van der Waals surface area contributed by atoms with Crippen molar-refractivity contribution in [3.63, 3.8) is 0 Å². The predicted octanol–water partition coefficient (Wildman–Crippen LogP) is 3.39. The van der Waals surface area contributed by atoms with Crippen molar-refractivity contribution in [3.05, 3.63) is 41.2 Å². The van der Waals surface area contributed by atoms with E-state index in [9.17, 15) is 4.39 Å². The van der Waals surface area contributed by atoms with E-state index in [1.165, 1.54) is 0 Å². The van der Waals surface area contributed by atoms with Gasteiger partial charge in [0.2, 0.25) is 0 Å². The van der Waals surface area contributed by atoms with Crippen molar-refractivity contribution in [2.75, 3.05) is 13.1 Å². The molecule has 0 amide bonds. The molecule has 0 aliphatic rings. The van der Waals surface area contributed by atoms with Gasteiger partial charge in [-0.25, -0.2) is 4.39 Å². The van der Waals surface area contributed by atoms with E-state index in [4.69, 9.17) is 0 Å². The highest BCUT2D eigenvalue weighted by molar-refractivity contribution is 5.50. The Hall–Kier alpha value is -1.15. The fourth-order valence-corrected chi connectivity index (χ4v) is 1.36. The molecule has 1 nitrogen and oxygen atoms in total. The zero-order valence-electron chi connectivity index (χ0n) is 10.3. The van der Waals surface area contributed by atoms with Crippen molar-refractivity contribution >= 4 is 6.08 Å². The Morgan fingerprint density at radius 1 is 1.38 bits per heavy atom. The summed E-state index contributed by atoms with van der Waals surface area (Å²) in [6.07, 6.45) is 3.96. The molecule has 0 saturated carbocycles. The quantitative estimate of drug-likeness (QED) is 0.751. The van der Waals surface area contributed by atoms with Crippen molar-refractivity contribution in [1.82, 2.24) is 5.32 Å². The van der Waals surface area contributed by atoms with Crippen LogP contribution in [0.15, 0.2) is 24.3 Å². The first-order valence-electron chi connectivity index (χ1n) is 5.73. The van der Waals surface area contributed by atoms with Crippen LogP contribution in [0.4, 0.5) is 4.39 Å². The number of rotatable bonds is 5. The van der Waals surface area contributed by atoms with Crippen LogP contribution in [-0.4, -0.2) is 13.1 Å². The van der Waals surface area contributed by atoms with Crippen molar-refractivity contribution in [2.45, 2.75) is 20.8 Å². The molecule has 0 atom stereocenters. The van der Waals surface area contributed by atoms with E-state index < -0.39 is 0 Å². The number of halogens is 1. The van der Waals surface area contributed by atoms with E-state index in [-0.39, 0.29) is 5.82 Å². The third kappa shape index (κ3) is 4.58. The third-order valence-corrected chi connectivity index (χ3v) is 2.32. The van der Waals surface area contributed by atoms with Gasteiger partial charge >= 0.3 is 0 Å². The van der Waals surface area contributed by atoms with Crippen LogP contribution in [0.1, 0.15) is 25.0 Å². The Morgan fingerprint density at radius 2 is 2.12 bits per heavy atom. The molecule has 16 heavy (non-hydrogen) atoms. The van der Waals surface area contributed by atoms with Gasteiger partial charge in [0.25, 0.3) is 0 Å². The second-order valence-corrected chi connectivity index (χ2v) is 4.46. The van der Waals surface area contributed by atoms with Gasteiger partial charge in [0.05, 0.1) is 0 Å². The maximum absolute atomic E-state index is 13.2. The Kier molecular flexibility index (Phi) is 5.20. The molecule has 0 unspecified atom stereocenters. The van der Waals surface area contributed by atoms with Gasteiger partial charge in [-0.3, -0.25) is 0 Å². The topological polar surface area (TPSA) is 12.0 Å². The lowest BCUT2D eigenvalue weighted by molar-refractivity contribution is 0.577. The number of nitrogens with one attached hydrogen (secondary N) is 1. The standard InChI is InChI=1S/C14H20FN/c1-11(2)10-16-8-4-5-13-7-6-12(3)14(15)9-13/h4-7,9,11,16H,8,10H2,1-3H3. The fraction of sp³-hybridized carbons (Fsp3) is 0.429. The van der Waals surface area contributed by atoms with E-state index in [1.54, 1.807) is 19.1 Å². The highest BCUT2D eigenvalue weighted by Gasteiger charge is 1.96. The van der Waals surface area contributed by atoms with Gasteiger partial charge in [-0.05, 0) is 36.6 Å². The first kappa shape index (κ1) is 12.9. The van der Waals surface area contributed by atoms with Crippen LogP contribution in [-0.2, 0) is 0 Å². The summed E-state index contributed by atoms with van der Waals surface area (Å²) in [5, 5.41) is 3.30. The van der Waals surface area contributed by atoms with E-state index in [0.717, 1.165) is 18.7 Å². The summed E-state index contributed by atoms with van der Waals surface area (Å²) in [4.78, 5) is 0. The first-order valence-corrected chi connectivity index (χ1v) is 5.73. The maximum atomic E-state index is 13.2. The second-order valence-electron chi connectivity index (χ2n) is 4.46. The molecule has 0 fully saturated rings. The predicted molar refractivity (Wildman–Crippen MR) is 67.9 cm³/mol. The molecule has 1 aromatic rings. The zero-order valence-corrected chi connectivity index (χ0v) is 10.3. The molecule has 0 aromatic heterocycles. The number of hydrogen-bond acceptors (Lipinski definition) is 1. The molecule has 0 spiro atoms. The normalized spacial score (nSPS) is 11.6. The minimum Gasteiger partial charge on any atom is -0.313 e. The summed E-state index contributed by atoms with van der Waals surface area (Å²) in [6, 6.07) is 5.29. The van der Waals surface area contributed by atoms with Gasteiger partial charge in [0.15, 0.2) is 0 Å². The monoisotopic (exact) mass is 221 g/mol. The second kappa shape index (κ2) is 6.44. The Bertz CT molecular complexity index is 356. The summed E-state index contributed by atoms with van der Waals surface area (Å²) < 4.78 is 13.2. The zero-order chi connectivity index (χ0) is 12.0. The maximum Gasteiger partial charge on any atom is 0.126 e. The van der Waals surface area contributed by atoms with E-state index in [1.807, 2.05) is 18.2 Å². The molecule has 88 valence electrons. The van der Waals surface area contributed by atoms with Gasteiger partial charge in [-0.15, -0.1) is 0 Å². The van der Waals surface area contributed by atoms with Crippen molar-refractivity contribution in [1.29, 1.82) is 0 Å². The lowest BCUT2D eigenvalue weighted by atomic mass is 10.1. The molecule has 0 radical (unpaired) electrons. The summed E-state index contributed by atoms with van der Waals surface area (Å²) in [6.45, 7) is 7.95. The van der Waals surface area contributed by atoms with E-state index in [2.05, 4.69) is 19.2 Å².